The number of carbonyl (C=O) groups is 1. The van der Waals surface area contributed by atoms with Crippen LogP contribution in [-0.4, -0.2) is 35.0 Å². The van der Waals surface area contributed by atoms with Crippen LogP contribution >= 0.6 is 0 Å². The Morgan fingerprint density at radius 3 is 2.39 bits per heavy atom. The van der Waals surface area contributed by atoms with Crippen LogP contribution in [0.3, 0.4) is 0 Å². The molecule has 1 fully saturated rings. The summed E-state index contributed by atoms with van der Waals surface area (Å²) in [5.41, 5.74) is 4.63. The summed E-state index contributed by atoms with van der Waals surface area (Å²) in [6, 6.07) is 15.0. The van der Waals surface area contributed by atoms with Gasteiger partial charge in [-0.3, -0.25) is 9.59 Å². The first-order valence-electron chi connectivity index (χ1n) is 10.7. The molecule has 0 radical (unpaired) electrons. The highest BCUT2D eigenvalue weighted by Gasteiger charge is 2.17. The van der Waals surface area contributed by atoms with Crippen LogP contribution in [0.1, 0.15) is 55.2 Å². The molecule has 0 spiro atoms. The monoisotopic (exact) mass is 417 g/mol. The molecule has 1 N–H and O–H groups in total. The molecule has 7 nitrogen and oxygen atoms in total. The molecule has 1 aromatic heterocycles. The van der Waals surface area contributed by atoms with Gasteiger partial charge in [0.2, 0.25) is 0 Å². The van der Waals surface area contributed by atoms with Crippen molar-refractivity contribution in [2.24, 2.45) is 5.10 Å². The van der Waals surface area contributed by atoms with Gasteiger partial charge in [0.1, 0.15) is 0 Å². The fourth-order valence-electron chi connectivity index (χ4n) is 3.87. The van der Waals surface area contributed by atoms with Crippen LogP contribution in [0.2, 0.25) is 0 Å². The van der Waals surface area contributed by atoms with Crippen molar-refractivity contribution in [2.45, 2.75) is 39.2 Å². The largest absolute Gasteiger partial charge is 0.372 e. The molecule has 0 atom stereocenters. The van der Waals surface area contributed by atoms with Gasteiger partial charge in [0.25, 0.3) is 11.5 Å². The second kappa shape index (κ2) is 9.12. The Bertz CT molecular complexity index is 1160. The van der Waals surface area contributed by atoms with Crippen molar-refractivity contribution in [1.82, 2.24) is 15.2 Å². The molecule has 0 aliphatic carbocycles. The van der Waals surface area contributed by atoms with E-state index >= 15 is 0 Å². The first-order valence-corrected chi connectivity index (χ1v) is 10.7. The average molecular weight is 418 g/mol. The molecule has 1 amide bonds. The smallest absolute Gasteiger partial charge is 0.292 e. The van der Waals surface area contributed by atoms with Crippen molar-refractivity contribution in [1.29, 1.82) is 0 Å². The Balaban J connectivity index is 1.51. The summed E-state index contributed by atoms with van der Waals surface area (Å²) in [6.45, 7) is 5.92. The maximum atomic E-state index is 12.8. The van der Waals surface area contributed by atoms with Gasteiger partial charge in [0, 0.05) is 24.2 Å². The molecular formula is C24H27N5O2. The van der Waals surface area contributed by atoms with E-state index in [4.69, 9.17) is 0 Å². The second-order valence-corrected chi connectivity index (χ2v) is 8.08. The molecule has 2 aromatic carbocycles. The maximum Gasteiger partial charge on any atom is 0.292 e. The Morgan fingerprint density at radius 2 is 1.71 bits per heavy atom. The Morgan fingerprint density at radius 1 is 1.03 bits per heavy atom. The Hall–Kier alpha value is -3.48. The molecule has 0 saturated carbocycles. The summed E-state index contributed by atoms with van der Waals surface area (Å²) in [7, 11) is 0. The molecule has 3 aromatic rings. The van der Waals surface area contributed by atoms with Crippen LogP contribution in [0.15, 0.2) is 58.4 Å². The summed E-state index contributed by atoms with van der Waals surface area (Å²) in [5, 5.41) is 9.38. The zero-order valence-electron chi connectivity index (χ0n) is 17.9. The summed E-state index contributed by atoms with van der Waals surface area (Å²) in [6.07, 6.45) is 5.39. The molecule has 0 bridgehead atoms. The first kappa shape index (κ1) is 20.8. The predicted molar refractivity (Wildman–Crippen MR) is 124 cm³/mol. The van der Waals surface area contributed by atoms with E-state index in [0.717, 1.165) is 18.7 Å². The number of amides is 1. The van der Waals surface area contributed by atoms with Gasteiger partial charge in [0.15, 0.2) is 5.69 Å². The van der Waals surface area contributed by atoms with Crippen molar-refractivity contribution in [2.75, 3.05) is 18.0 Å². The van der Waals surface area contributed by atoms with Crippen molar-refractivity contribution in [3.63, 3.8) is 0 Å². The molecule has 4 rings (SSSR count). The number of hydrogen-bond acceptors (Lipinski definition) is 5. The lowest BCUT2D eigenvalue weighted by Gasteiger charge is -2.28. The van der Waals surface area contributed by atoms with E-state index in [1.165, 1.54) is 29.6 Å². The number of hydrogen-bond donors (Lipinski definition) is 1. The van der Waals surface area contributed by atoms with Crippen LogP contribution < -0.4 is 15.9 Å². The standard InChI is InChI=1S/C24H27N5O2/c1-17(2)29-24(31)21-9-5-4-8-20(21)22(27-29)23(30)26-25-16-18-10-12-19(13-11-18)28-14-6-3-7-15-28/h4-5,8-13,16-17H,3,6-7,14-15H2,1-2H3,(H,26,30)/b25-16-. The van der Waals surface area contributed by atoms with E-state index in [0.29, 0.717) is 10.8 Å². The lowest BCUT2D eigenvalue weighted by atomic mass is 10.1. The minimum absolute atomic E-state index is 0.162. The van der Waals surface area contributed by atoms with Crippen LogP contribution in [0, 0.1) is 0 Å². The van der Waals surface area contributed by atoms with Gasteiger partial charge in [-0.2, -0.15) is 10.2 Å². The first-order chi connectivity index (χ1) is 15.0. The van der Waals surface area contributed by atoms with Gasteiger partial charge in [-0.15, -0.1) is 0 Å². The third-order valence-electron chi connectivity index (χ3n) is 5.53. The van der Waals surface area contributed by atoms with Gasteiger partial charge in [-0.05, 0) is 56.9 Å². The SMILES string of the molecule is CC(C)n1nc(C(=O)N/N=C\c2ccc(N3CCCCC3)cc2)c2ccccc2c1=O. The summed E-state index contributed by atoms with van der Waals surface area (Å²) in [5.74, 6) is -0.452. The van der Waals surface area contributed by atoms with E-state index < -0.39 is 5.91 Å². The molecule has 2 heterocycles. The number of fused-ring (bicyclic) bond motifs is 1. The van der Waals surface area contributed by atoms with Crippen molar-refractivity contribution in [3.8, 4) is 0 Å². The van der Waals surface area contributed by atoms with Gasteiger partial charge < -0.3 is 4.90 Å². The summed E-state index contributed by atoms with van der Waals surface area (Å²) < 4.78 is 1.33. The van der Waals surface area contributed by atoms with E-state index in [-0.39, 0.29) is 17.3 Å². The Kier molecular flexibility index (Phi) is 6.11. The highest BCUT2D eigenvalue weighted by Crippen LogP contribution is 2.20. The summed E-state index contributed by atoms with van der Waals surface area (Å²) in [4.78, 5) is 27.8. The molecule has 1 aliphatic rings. The van der Waals surface area contributed by atoms with Gasteiger partial charge >= 0.3 is 0 Å². The number of rotatable bonds is 5. The maximum absolute atomic E-state index is 12.8. The topological polar surface area (TPSA) is 79.6 Å². The molecule has 160 valence electrons. The molecule has 1 saturated heterocycles. The lowest BCUT2D eigenvalue weighted by Crippen LogP contribution is -2.30. The van der Waals surface area contributed by atoms with Gasteiger partial charge in [0.05, 0.1) is 17.6 Å². The van der Waals surface area contributed by atoms with Gasteiger partial charge in [-0.1, -0.05) is 30.3 Å². The van der Waals surface area contributed by atoms with Crippen LogP contribution in [-0.2, 0) is 0 Å². The predicted octanol–water partition coefficient (Wildman–Crippen LogP) is 3.73. The minimum atomic E-state index is -0.452. The van der Waals surface area contributed by atoms with Crippen LogP contribution in [0.4, 0.5) is 5.69 Å². The van der Waals surface area contributed by atoms with Gasteiger partial charge in [-0.25, -0.2) is 10.1 Å². The van der Waals surface area contributed by atoms with E-state index in [9.17, 15) is 9.59 Å². The van der Waals surface area contributed by atoms with E-state index in [1.54, 1.807) is 30.5 Å². The van der Waals surface area contributed by atoms with Crippen LogP contribution in [0.5, 0.6) is 0 Å². The van der Waals surface area contributed by atoms with Crippen molar-refractivity contribution >= 4 is 28.6 Å². The second-order valence-electron chi connectivity index (χ2n) is 8.08. The quantitative estimate of drug-likeness (QED) is 0.507. The average Bonchev–Trinajstić information content (AvgIpc) is 2.80. The fraction of sp³-hybridized carbons (Fsp3) is 0.333. The van der Waals surface area contributed by atoms with Crippen molar-refractivity contribution in [3.05, 3.63) is 70.1 Å². The number of benzene rings is 2. The number of carbonyl (C=O) groups excluding carboxylic acids is 1. The lowest BCUT2D eigenvalue weighted by molar-refractivity contribution is 0.0949. The van der Waals surface area contributed by atoms with E-state index in [2.05, 4.69) is 32.7 Å². The molecule has 31 heavy (non-hydrogen) atoms. The third kappa shape index (κ3) is 4.50. The summed E-state index contributed by atoms with van der Waals surface area (Å²) >= 11 is 0. The van der Waals surface area contributed by atoms with Crippen molar-refractivity contribution < 1.29 is 4.79 Å². The number of aromatic nitrogens is 2. The molecular weight excluding hydrogens is 390 g/mol. The highest BCUT2D eigenvalue weighted by molar-refractivity contribution is 6.05. The number of nitrogens with one attached hydrogen (secondary N) is 1. The molecule has 7 heteroatoms. The number of nitrogens with zero attached hydrogens (tertiary/aromatic N) is 4. The molecule has 1 aliphatic heterocycles. The fourth-order valence-corrected chi connectivity index (χ4v) is 3.87. The number of anilines is 1. The minimum Gasteiger partial charge on any atom is -0.372 e. The zero-order valence-corrected chi connectivity index (χ0v) is 17.9. The zero-order chi connectivity index (χ0) is 21.8. The highest BCUT2D eigenvalue weighted by atomic mass is 16.2. The normalized spacial score (nSPS) is 14.5. The van der Waals surface area contributed by atoms with E-state index in [1.807, 2.05) is 26.0 Å². The number of piperidine rings is 1. The van der Waals surface area contributed by atoms with Crippen LogP contribution in [0.25, 0.3) is 10.8 Å². The third-order valence-corrected chi connectivity index (χ3v) is 5.53. The Labute approximate surface area is 181 Å². The molecule has 0 unspecified atom stereocenters. The number of hydrazone groups is 1.